The molecule has 1 fully saturated rings. The molecule has 2 aromatic carbocycles. The van der Waals surface area contributed by atoms with Gasteiger partial charge in [0.2, 0.25) is 0 Å². The zero-order chi connectivity index (χ0) is 13.3. The van der Waals surface area contributed by atoms with E-state index in [1.807, 2.05) is 0 Å². The summed E-state index contributed by atoms with van der Waals surface area (Å²) in [5.74, 6) is 2.12. The van der Waals surface area contributed by atoms with Gasteiger partial charge in [-0.15, -0.1) is 0 Å². The van der Waals surface area contributed by atoms with Crippen molar-refractivity contribution >= 4 is 0 Å². The molecule has 1 nitrogen and oxygen atoms in total. The molecule has 0 radical (unpaired) electrons. The van der Waals surface area contributed by atoms with Crippen molar-refractivity contribution in [2.75, 3.05) is 13.1 Å². The number of hydrogen-bond donors (Lipinski definition) is 1. The van der Waals surface area contributed by atoms with Crippen LogP contribution in [-0.2, 0) is 5.41 Å². The summed E-state index contributed by atoms with van der Waals surface area (Å²) in [4.78, 5) is 0. The summed E-state index contributed by atoms with van der Waals surface area (Å²) >= 11 is 0. The Kier molecular flexibility index (Phi) is 1.96. The van der Waals surface area contributed by atoms with Gasteiger partial charge in [0.15, 0.2) is 0 Å². The molecule has 6 rings (SSSR count). The van der Waals surface area contributed by atoms with Crippen molar-refractivity contribution in [3.8, 4) is 0 Å². The Balaban J connectivity index is 1.91. The molecule has 0 saturated carbocycles. The van der Waals surface area contributed by atoms with Gasteiger partial charge in [0.1, 0.15) is 0 Å². The minimum atomic E-state index is 0.191. The third kappa shape index (κ3) is 1.07. The average molecular weight is 261 g/mol. The SMILES string of the molecule is CC12c3ccccc3C(c3ccccc31)[C@@H]1CNC[C@H]12. The van der Waals surface area contributed by atoms with E-state index in [2.05, 4.69) is 60.8 Å². The predicted octanol–water partition coefficient (Wildman–Crippen LogP) is 3.29. The van der Waals surface area contributed by atoms with Crippen LogP contribution in [0.3, 0.4) is 0 Å². The minimum absolute atomic E-state index is 0.191. The van der Waals surface area contributed by atoms with Crippen LogP contribution in [0.5, 0.6) is 0 Å². The lowest BCUT2D eigenvalue weighted by Gasteiger charge is -2.54. The van der Waals surface area contributed by atoms with Crippen molar-refractivity contribution in [3.05, 3.63) is 70.8 Å². The van der Waals surface area contributed by atoms with Crippen LogP contribution in [0.15, 0.2) is 48.5 Å². The molecule has 4 aliphatic rings. The Hall–Kier alpha value is -1.60. The quantitative estimate of drug-likeness (QED) is 0.767. The van der Waals surface area contributed by atoms with Crippen LogP contribution >= 0.6 is 0 Å². The van der Waals surface area contributed by atoms with Gasteiger partial charge in [0.05, 0.1) is 0 Å². The van der Waals surface area contributed by atoms with Crippen LogP contribution in [0.1, 0.15) is 35.1 Å². The van der Waals surface area contributed by atoms with E-state index in [4.69, 9.17) is 0 Å². The average Bonchev–Trinajstić information content (AvgIpc) is 2.99. The number of rotatable bonds is 0. The Morgan fingerprint density at radius 1 is 0.900 bits per heavy atom. The van der Waals surface area contributed by atoms with E-state index in [0.29, 0.717) is 5.92 Å². The molecule has 1 aliphatic heterocycles. The van der Waals surface area contributed by atoms with Crippen LogP contribution < -0.4 is 5.32 Å². The highest BCUT2D eigenvalue weighted by Gasteiger charge is 2.57. The van der Waals surface area contributed by atoms with E-state index in [9.17, 15) is 0 Å². The second kappa shape index (κ2) is 3.53. The smallest absolute Gasteiger partial charge is 0.0224 e. The first-order chi connectivity index (χ1) is 9.82. The molecule has 20 heavy (non-hydrogen) atoms. The summed E-state index contributed by atoms with van der Waals surface area (Å²) in [6.45, 7) is 4.82. The maximum absolute atomic E-state index is 3.66. The summed E-state index contributed by atoms with van der Waals surface area (Å²) in [6, 6.07) is 18.3. The first kappa shape index (κ1) is 11.1. The Morgan fingerprint density at radius 3 is 2.15 bits per heavy atom. The second-order valence-corrected chi connectivity index (χ2v) is 6.78. The maximum atomic E-state index is 3.66. The van der Waals surface area contributed by atoms with E-state index in [-0.39, 0.29) is 5.41 Å². The monoisotopic (exact) mass is 261 g/mol. The Labute approximate surface area is 120 Å². The van der Waals surface area contributed by atoms with Gasteiger partial charge in [0, 0.05) is 11.3 Å². The minimum Gasteiger partial charge on any atom is -0.316 e. The first-order valence-corrected chi connectivity index (χ1v) is 7.71. The molecule has 1 saturated heterocycles. The first-order valence-electron chi connectivity index (χ1n) is 7.71. The molecule has 3 aliphatic carbocycles. The molecule has 2 atom stereocenters. The van der Waals surface area contributed by atoms with Crippen molar-refractivity contribution < 1.29 is 0 Å². The van der Waals surface area contributed by atoms with Crippen LogP contribution in [0, 0.1) is 11.8 Å². The Bertz CT molecular complexity index is 655. The normalized spacial score (nSPS) is 36.4. The van der Waals surface area contributed by atoms with Gasteiger partial charge in [-0.2, -0.15) is 0 Å². The topological polar surface area (TPSA) is 12.0 Å². The molecule has 1 heterocycles. The highest BCUT2D eigenvalue weighted by molar-refractivity contribution is 5.60. The van der Waals surface area contributed by atoms with Gasteiger partial charge in [-0.3, -0.25) is 0 Å². The molecular formula is C19H19N. The lowest BCUT2D eigenvalue weighted by molar-refractivity contribution is 0.217. The lowest BCUT2D eigenvalue weighted by atomic mass is 9.48. The lowest BCUT2D eigenvalue weighted by Crippen LogP contribution is -2.50. The second-order valence-electron chi connectivity index (χ2n) is 6.78. The fraction of sp³-hybridized carbons (Fsp3) is 0.368. The van der Waals surface area contributed by atoms with E-state index >= 15 is 0 Å². The summed E-state index contributed by atoms with van der Waals surface area (Å²) in [5.41, 5.74) is 6.51. The van der Waals surface area contributed by atoms with Crippen molar-refractivity contribution in [2.24, 2.45) is 11.8 Å². The zero-order valence-corrected chi connectivity index (χ0v) is 11.8. The fourth-order valence-electron chi connectivity index (χ4n) is 5.34. The van der Waals surface area contributed by atoms with Crippen LogP contribution in [0.4, 0.5) is 0 Å². The highest BCUT2D eigenvalue weighted by atomic mass is 14.9. The maximum Gasteiger partial charge on any atom is 0.0224 e. The van der Waals surface area contributed by atoms with Crippen molar-refractivity contribution in [1.82, 2.24) is 5.32 Å². The molecule has 0 aromatic heterocycles. The summed E-state index contributed by atoms with van der Waals surface area (Å²) < 4.78 is 0. The molecule has 2 aromatic rings. The van der Waals surface area contributed by atoms with Gasteiger partial charge in [0.25, 0.3) is 0 Å². The van der Waals surface area contributed by atoms with Crippen molar-refractivity contribution in [1.29, 1.82) is 0 Å². The molecule has 0 unspecified atom stereocenters. The molecular weight excluding hydrogens is 242 g/mol. The predicted molar refractivity (Wildman–Crippen MR) is 81.0 cm³/mol. The summed E-state index contributed by atoms with van der Waals surface area (Å²) in [7, 11) is 0. The number of benzene rings is 2. The van der Waals surface area contributed by atoms with E-state index in [1.54, 1.807) is 22.3 Å². The largest absolute Gasteiger partial charge is 0.316 e. The van der Waals surface area contributed by atoms with Crippen LogP contribution in [0.25, 0.3) is 0 Å². The van der Waals surface area contributed by atoms with Crippen LogP contribution in [-0.4, -0.2) is 13.1 Å². The van der Waals surface area contributed by atoms with Gasteiger partial charge in [-0.05, 0) is 47.2 Å². The van der Waals surface area contributed by atoms with Crippen molar-refractivity contribution in [2.45, 2.75) is 18.3 Å². The Morgan fingerprint density at radius 2 is 1.50 bits per heavy atom. The standard InChI is InChI=1S/C19H19N/c1-19-15-8-4-2-6-12(15)18(14-10-20-11-17(14)19)13-7-3-5-9-16(13)19/h2-9,14,17-18,20H,10-11H2,1H3/t14-,17-,18?,19?/m1/s1. The molecule has 1 heteroatoms. The molecule has 0 amide bonds. The number of hydrogen-bond acceptors (Lipinski definition) is 1. The molecule has 2 bridgehead atoms. The molecule has 0 spiro atoms. The summed E-state index contributed by atoms with van der Waals surface area (Å²) in [5, 5.41) is 3.66. The van der Waals surface area contributed by atoms with Crippen LogP contribution in [0.2, 0.25) is 0 Å². The van der Waals surface area contributed by atoms with Crippen molar-refractivity contribution in [3.63, 3.8) is 0 Å². The molecule has 100 valence electrons. The molecule has 1 N–H and O–H groups in total. The van der Waals surface area contributed by atoms with E-state index < -0.39 is 0 Å². The van der Waals surface area contributed by atoms with Gasteiger partial charge >= 0.3 is 0 Å². The third-order valence-corrected chi connectivity index (χ3v) is 6.14. The van der Waals surface area contributed by atoms with E-state index in [0.717, 1.165) is 11.8 Å². The van der Waals surface area contributed by atoms with E-state index in [1.165, 1.54) is 13.1 Å². The van der Waals surface area contributed by atoms with Gasteiger partial charge < -0.3 is 5.32 Å². The number of nitrogens with one attached hydrogen (secondary N) is 1. The highest BCUT2D eigenvalue weighted by Crippen LogP contribution is 2.61. The van der Waals surface area contributed by atoms with Gasteiger partial charge in [-0.25, -0.2) is 0 Å². The van der Waals surface area contributed by atoms with Gasteiger partial charge in [-0.1, -0.05) is 55.5 Å². The third-order valence-electron chi connectivity index (χ3n) is 6.14. The summed E-state index contributed by atoms with van der Waals surface area (Å²) in [6.07, 6.45) is 0. The zero-order valence-electron chi connectivity index (χ0n) is 11.8. The fourth-order valence-corrected chi connectivity index (χ4v) is 5.34.